The van der Waals surface area contributed by atoms with Crippen molar-refractivity contribution < 1.29 is 23.0 Å². The lowest BCUT2D eigenvalue weighted by Crippen LogP contribution is -2.92. The van der Waals surface area contributed by atoms with E-state index >= 15 is 0 Å². The summed E-state index contributed by atoms with van der Waals surface area (Å²) in [5, 5.41) is 12.1. The smallest absolute Gasteiger partial charge is 0.297 e. The predicted molar refractivity (Wildman–Crippen MR) is 94.8 cm³/mol. The third-order valence-electron chi connectivity index (χ3n) is 4.55. The Balaban J connectivity index is 1.45. The van der Waals surface area contributed by atoms with Gasteiger partial charge >= 0.3 is 0 Å². The van der Waals surface area contributed by atoms with Crippen LogP contribution < -0.4 is 5.32 Å². The van der Waals surface area contributed by atoms with Crippen molar-refractivity contribution in [2.45, 2.75) is 36.8 Å². The Labute approximate surface area is 148 Å². The van der Waals surface area contributed by atoms with E-state index in [2.05, 4.69) is 17.4 Å². The summed E-state index contributed by atoms with van der Waals surface area (Å²) in [6, 6.07) is 15.2. The fourth-order valence-corrected chi connectivity index (χ4v) is 4.06. The summed E-state index contributed by atoms with van der Waals surface area (Å²) in [5.41, 5.74) is 3.69. The molecule has 0 bridgehead atoms. The molecular formula is C19H24NO4S+. The predicted octanol–water partition coefficient (Wildman–Crippen LogP) is 0.792. The Hall–Kier alpha value is -1.73. The fourth-order valence-electron chi connectivity index (χ4n) is 3.12. The summed E-state index contributed by atoms with van der Waals surface area (Å²) >= 11 is 0. The first-order valence-corrected chi connectivity index (χ1v) is 9.89. The molecule has 25 heavy (non-hydrogen) atoms. The van der Waals surface area contributed by atoms with E-state index in [1.165, 1.54) is 23.3 Å². The van der Waals surface area contributed by atoms with Gasteiger partial charge in [-0.3, -0.25) is 4.18 Å². The van der Waals surface area contributed by atoms with Crippen LogP contribution in [0, 0.1) is 6.92 Å². The second-order valence-electron chi connectivity index (χ2n) is 6.61. The van der Waals surface area contributed by atoms with Crippen molar-refractivity contribution in [3.05, 3.63) is 65.2 Å². The lowest BCUT2D eigenvalue weighted by Gasteiger charge is -2.13. The lowest BCUT2D eigenvalue weighted by molar-refractivity contribution is -0.693. The van der Waals surface area contributed by atoms with Gasteiger partial charge in [0.05, 0.1) is 17.5 Å². The highest BCUT2D eigenvalue weighted by atomic mass is 32.2. The molecule has 1 atom stereocenters. The molecule has 134 valence electrons. The number of hydrogen-bond acceptors (Lipinski definition) is 4. The minimum absolute atomic E-state index is 0.112. The lowest BCUT2D eigenvalue weighted by atomic mass is 10.1. The zero-order valence-electron chi connectivity index (χ0n) is 14.3. The van der Waals surface area contributed by atoms with Gasteiger partial charge in [0.1, 0.15) is 12.6 Å². The monoisotopic (exact) mass is 362 g/mol. The maximum Gasteiger partial charge on any atom is 0.297 e. The van der Waals surface area contributed by atoms with E-state index in [0.29, 0.717) is 12.6 Å². The van der Waals surface area contributed by atoms with Gasteiger partial charge < -0.3 is 10.4 Å². The Morgan fingerprint density at radius 1 is 1.12 bits per heavy atom. The van der Waals surface area contributed by atoms with Crippen LogP contribution in [-0.2, 0) is 27.1 Å². The number of aliphatic hydroxyl groups excluding tert-OH is 1. The molecule has 3 N–H and O–H groups in total. The van der Waals surface area contributed by atoms with Crippen molar-refractivity contribution in [2.24, 2.45) is 0 Å². The van der Waals surface area contributed by atoms with Crippen LogP contribution in [0.4, 0.5) is 0 Å². The molecule has 0 heterocycles. The maximum absolute atomic E-state index is 12.1. The zero-order valence-corrected chi connectivity index (χ0v) is 15.1. The highest BCUT2D eigenvalue weighted by Crippen LogP contribution is 2.19. The third-order valence-corrected chi connectivity index (χ3v) is 5.85. The van der Waals surface area contributed by atoms with E-state index in [4.69, 9.17) is 4.18 Å². The van der Waals surface area contributed by atoms with Crippen molar-refractivity contribution in [1.82, 2.24) is 0 Å². The largest absolute Gasteiger partial charge is 0.385 e. The highest BCUT2D eigenvalue weighted by Gasteiger charge is 2.25. The third kappa shape index (κ3) is 4.67. The van der Waals surface area contributed by atoms with Crippen molar-refractivity contribution in [3.8, 4) is 0 Å². The van der Waals surface area contributed by atoms with Crippen LogP contribution >= 0.6 is 0 Å². The highest BCUT2D eigenvalue weighted by molar-refractivity contribution is 7.86. The number of rotatable bonds is 7. The van der Waals surface area contributed by atoms with Crippen LogP contribution in [0.1, 0.15) is 16.7 Å². The topological polar surface area (TPSA) is 80.2 Å². The molecule has 1 aliphatic rings. The van der Waals surface area contributed by atoms with Crippen LogP contribution in [0.3, 0.4) is 0 Å². The zero-order chi connectivity index (χ0) is 17.9. The van der Waals surface area contributed by atoms with Gasteiger partial charge in [-0.05, 0) is 30.2 Å². The van der Waals surface area contributed by atoms with Crippen molar-refractivity contribution in [1.29, 1.82) is 0 Å². The minimum atomic E-state index is -3.83. The van der Waals surface area contributed by atoms with Gasteiger partial charge in [0.2, 0.25) is 0 Å². The molecule has 0 aliphatic heterocycles. The molecule has 1 aliphatic carbocycles. The molecule has 3 rings (SSSR count). The summed E-state index contributed by atoms with van der Waals surface area (Å²) in [4.78, 5) is 0.112. The number of hydrogen-bond donors (Lipinski definition) is 2. The van der Waals surface area contributed by atoms with E-state index in [9.17, 15) is 13.5 Å². The van der Waals surface area contributed by atoms with E-state index < -0.39 is 16.2 Å². The Kier molecular flexibility index (Phi) is 5.54. The van der Waals surface area contributed by atoms with Gasteiger partial charge in [-0.25, -0.2) is 0 Å². The maximum atomic E-state index is 12.1. The number of aliphatic hydroxyl groups is 1. The van der Waals surface area contributed by atoms with Gasteiger partial charge in [-0.1, -0.05) is 42.0 Å². The van der Waals surface area contributed by atoms with Crippen molar-refractivity contribution in [2.75, 3.05) is 13.2 Å². The second kappa shape index (κ2) is 7.66. The average molecular weight is 362 g/mol. The van der Waals surface area contributed by atoms with Gasteiger partial charge in [0, 0.05) is 12.8 Å². The molecule has 0 unspecified atom stereocenters. The molecule has 6 heteroatoms. The molecule has 0 amide bonds. The standard InChI is InChI=1S/C19H23NO4S/c1-14-6-8-19(9-7-14)25(22,23)24-13-18(21)12-20-17-10-15-4-2-3-5-16(15)11-17/h2-9,17-18,20-21H,10-13H2,1H3/p+1/t18-/m0/s1. The SMILES string of the molecule is Cc1ccc(S(=O)(=O)OC[C@@H](O)C[NH2+]C2Cc3ccccc3C2)cc1. The Morgan fingerprint density at radius 3 is 2.32 bits per heavy atom. The normalized spacial score (nSPS) is 15.9. The molecule has 0 saturated carbocycles. The summed E-state index contributed by atoms with van der Waals surface area (Å²) in [6.45, 7) is 2.08. The van der Waals surface area contributed by atoms with Gasteiger partial charge in [-0.15, -0.1) is 0 Å². The first kappa shape index (κ1) is 18.1. The summed E-state index contributed by atoms with van der Waals surface area (Å²) in [7, 11) is -3.83. The molecule has 0 aromatic heterocycles. The number of quaternary nitrogens is 1. The number of benzene rings is 2. The Morgan fingerprint density at radius 2 is 1.72 bits per heavy atom. The van der Waals surface area contributed by atoms with E-state index in [1.54, 1.807) is 12.1 Å². The van der Waals surface area contributed by atoms with Gasteiger partial charge in [-0.2, -0.15) is 8.42 Å². The summed E-state index contributed by atoms with van der Waals surface area (Å²) in [5.74, 6) is 0. The van der Waals surface area contributed by atoms with Gasteiger partial charge in [0.25, 0.3) is 10.1 Å². The molecule has 0 radical (unpaired) electrons. The number of aryl methyl sites for hydroxylation is 1. The van der Waals surface area contributed by atoms with Crippen LogP contribution in [0.5, 0.6) is 0 Å². The van der Waals surface area contributed by atoms with Gasteiger partial charge in [0.15, 0.2) is 0 Å². The van der Waals surface area contributed by atoms with E-state index in [0.717, 1.165) is 18.4 Å². The van der Waals surface area contributed by atoms with Crippen molar-refractivity contribution in [3.63, 3.8) is 0 Å². The molecule has 0 spiro atoms. The molecule has 2 aromatic carbocycles. The van der Waals surface area contributed by atoms with E-state index in [1.807, 2.05) is 19.1 Å². The first-order chi connectivity index (χ1) is 11.9. The van der Waals surface area contributed by atoms with E-state index in [-0.39, 0.29) is 11.5 Å². The second-order valence-corrected chi connectivity index (χ2v) is 8.23. The number of fused-ring (bicyclic) bond motifs is 1. The number of nitrogens with two attached hydrogens (primary N) is 1. The van der Waals surface area contributed by atoms with Crippen LogP contribution in [0.2, 0.25) is 0 Å². The average Bonchev–Trinajstić information content (AvgIpc) is 3.01. The molecule has 2 aromatic rings. The molecule has 5 nitrogen and oxygen atoms in total. The fraction of sp³-hybridized carbons (Fsp3) is 0.368. The minimum Gasteiger partial charge on any atom is -0.385 e. The summed E-state index contributed by atoms with van der Waals surface area (Å²) < 4.78 is 29.2. The van der Waals surface area contributed by atoms with Crippen molar-refractivity contribution >= 4 is 10.1 Å². The van der Waals surface area contributed by atoms with Crippen LogP contribution in [0.15, 0.2) is 53.4 Å². The molecule has 0 saturated heterocycles. The quantitative estimate of drug-likeness (QED) is 0.714. The molecular weight excluding hydrogens is 338 g/mol. The van der Waals surface area contributed by atoms with Crippen LogP contribution in [-0.4, -0.2) is 38.8 Å². The van der Waals surface area contributed by atoms with Crippen LogP contribution in [0.25, 0.3) is 0 Å². The molecule has 0 fully saturated rings. The summed E-state index contributed by atoms with van der Waals surface area (Å²) in [6.07, 6.45) is 1.13. The first-order valence-electron chi connectivity index (χ1n) is 8.48. The Bertz CT molecular complexity index is 793.